The summed E-state index contributed by atoms with van der Waals surface area (Å²) in [4.78, 5) is 54.5. The Hall–Kier alpha value is -4.92. The molecule has 3 aromatic rings. The van der Waals surface area contributed by atoms with Crippen molar-refractivity contribution in [2.75, 3.05) is 6.61 Å². The quantitative estimate of drug-likeness (QED) is 0.184. The lowest BCUT2D eigenvalue weighted by atomic mass is 9.89. The van der Waals surface area contributed by atoms with Crippen LogP contribution in [0.5, 0.6) is 0 Å². The number of hydrogen-bond acceptors (Lipinski definition) is 6. The van der Waals surface area contributed by atoms with Crippen LogP contribution in [-0.4, -0.2) is 59.6 Å². The molecule has 4 rings (SSSR count). The minimum Gasteiger partial charge on any atom is -0.464 e. The van der Waals surface area contributed by atoms with E-state index < -0.39 is 48.0 Å². The molecular formula is C36H41N3O6. The number of nitrogens with zero attached hydrogens (tertiary/aromatic N) is 1. The number of unbranched alkanes of at least 4 members (excludes halogenated alkanes) is 1. The van der Waals surface area contributed by atoms with E-state index in [1.165, 1.54) is 4.90 Å². The van der Waals surface area contributed by atoms with Crippen molar-refractivity contribution in [1.82, 2.24) is 15.5 Å². The normalized spacial score (nSPS) is 17.2. The molecule has 0 bridgehead atoms. The number of β-lactam (4-membered cyclic amide) rings is 1. The predicted molar refractivity (Wildman–Crippen MR) is 172 cm³/mol. The molecule has 2 N–H and O–H groups in total. The Kier molecular flexibility index (Phi) is 12.3. The van der Waals surface area contributed by atoms with Crippen molar-refractivity contribution in [3.8, 4) is 0 Å². The smallest absolute Gasteiger partial charge is 0.329 e. The van der Waals surface area contributed by atoms with Crippen molar-refractivity contribution in [3.63, 3.8) is 0 Å². The number of ether oxygens (including phenoxy) is 2. The summed E-state index contributed by atoms with van der Waals surface area (Å²) in [5.41, 5.74) is 2.60. The van der Waals surface area contributed by atoms with E-state index in [1.807, 2.05) is 110 Å². The van der Waals surface area contributed by atoms with Crippen LogP contribution < -0.4 is 10.6 Å². The highest BCUT2D eigenvalue weighted by Crippen LogP contribution is 2.29. The molecule has 4 unspecified atom stereocenters. The summed E-state index contributed by atoms with van der Waals surface area (Å²) in [7, 11) is 0. The first-order valence-corrected chi connectivity index (χ1v) is 15.4. The lowest BCUT2D eigenvalue weighted by molar-refractivity contribution is -0.167. The van der Waals surface area contributed by atoms with E-state index in [4.69, 9.17) is 9.47 Å². The zero-order valence-corrected chi connectivity index (χ0v) is 25.8. The van der Waals surface area contributed by atoms with E-state index in [-0.39, 0.29) is 19.6 Å². The zero-order chi connectivity index (χ0) is 32.0. The lowest BCUT2D eigenvalue weighted by Gasteiger charge is -2.49. The lowest BCUT2D eigenvalue weighted by Crippen LogP contribution is -2.74. The minimum absolute atomic E-state index is 0.0929. The average molecular weight is 612 g/mol. The number of rotatable bonds is 15. The molecule has 3 amide bonds. The van der Waals surface area contributed by atoms with Gasteiger partial charge in [-0.05, 0) is 30.0 Å². The van der Waals surface area contributed by atoms with Gasteiger partial charge in [0, 0.05) is 6.42 Å². The molecule has 236 valence electrons. The summed E-state index contributed by atoms with van der Waals surface area (Å²) in [6, 6.07) is 24.2. The molecule has 45 heavy (non-hydrogen) atoms. The van der Waals surface area contributed by atoms with Crippen LogP contribution in [0.3, 0.4) is 0 Å². The summed E-state index contributed by atoms with van der Waals surface area (Å²) in [6.07, 6.45) is 5.87. The van der Waals surface area contributed by atoms with Crippen molar-refractivity contribution < 1.29 is 28.7 Å². The minimum atomic E-state index is -0.956. The van der Waals surface area contributed by atoms with Gasteiger partial charge in [0.15, 0.2) is 0 Å². The number of likely N-dealkylation sites (tertiary alicyclic amines) is 1. The highest BCUT2D eigenvalue weighted by atomic mass is 16.5. The average Bonchev–Trinajstić information content (AvgIpc) is 3.06. The van der Waals surface area contributed by atoms with Gasteiger partial charge in [-0.25, -0.2) is 14.4 Å². The number of esters is 2. The molecule has 0 aromatic heterocycles. The van der Waals surface area contributed by atoms with Gasteiger partial charge in [-0.1, -0.05) is 123 Å². The fraction of sp³-hybridized carbons (Fsp3) is 0.333. The monoisotopic (exact) mass is 611 g/mol. The third-order valence-corrected chi connectivity index (χ3v) is 7.58. The molecule has 1 fully saturated rings. The highest BCUT2D eigenvalue weighted by molar-refractivity contribution is 5.97. The fourth-order valence-corrected chi connectivity index (χ4v) is 5.24. The molecule has 9 nitrogen and oxygen atoms in total. The molecule has 1 heterocycles. The van der Waals surface area contributed by atoms with Gasteiger partial charge in [0.2, 0.25) is 5.91 Å². The molecule has 1 aliphatic heterocycles. The van der Waals surface area contributed by atoms with Gasteiger partial charge in [-0.3, -0.25) is 4.79 Å². The van der Waals surface area contributed by atoms with E-state index >= 15 is 0 Å². The second-order valence-corrected chi connectivity index (χ2v) is 10.8. The van der Waals surface area contributed by atoms with E-state index in [0.717, 1.165) is 23.1 Å². The molecule has 0 aliphatic carbocycles. The van der Waals surface area contributed by atoms with Crippen molar-refractivity contribution in [1.29, 1.82) is 0 Å². The van der Waals surface area contributed by atoms with Gasteiger partial charge in [-0.2, -0.15) is 0 Å². The second kappa shape index (κ2) is 16.8. The maximum atomic E-state index is 13.7. The number of amides is 3. The van der Waals surface area contributed by atoms with Crippen LogP contribution in [0.2, 0.25) is 0 Å². The second-order valence-electron chi connectivity index (χ2n) is 10.8. The van der Waals surface area contributed by atoms with Gasteiger partial charge in [-0.15, -0.1) is 0 Å². The van der Waals surface area contributed by atoms with Gasteiger partial charge >= 0.3 is 18.0 Å². The van der Waals surface area contributed by atoms with E-state index in [2.05, 4.69) is 10.6 Å². The van der Waals surface area contributed by atoms with Gasteiger partial charge < -0.3 is 25.0 Å². The van der Waals surface area contributed by atoms with Gasteiger partial charge in [0.25, 0.3) is 0 Å². The zero-order valence-electron chi connectivity index (χ0n) is 25.8. The van der Waals surface area contributed by atoms with E-state index in [9.17, 15) is 19.2 Å². The first-order chi connectivity index (χ1) is 21.9. The number of carbonyl (C=O) groups excluding carboxylic acids is 4. The van der Waals surface area contributed by atoms with Crippen LogP contribution in [0.15, 0.2) is 97.1 Å². The van der Waals surface area contributed by atoms with Crippen molar-refractivity contribution >= 4 is 30.0 Å². The van der Waals surface area contributed by atoms with E-state index in [0.29, 0.717) is 12.8 Å². The Morgan fingerprint density at radius 2 is 1.47 bits per heavy atom. The fourth-order valence-electron chi connectivity index (χ4n) is 5.24. The molecular weight excluding hydrogens is 570 g/mol. The molecule has 9 heteroatoms. The molecule has 0 spiro atoms. The summed E-state index contributed by atoms with van der Waals surface area (Å²) < 4.78 is 10.9. The van der Waals surface area contributed by atoms with Crippen LogP contribution in [-0.2, 0) is 36.9 Å². The summed E-state index contributed by atoms with van der Waals surface area (Å²) >= 11 is 0. The first kappa shape index (κ1) is 33.0. The summed E-state index contributed by atoms with van der Waals surface area (Å²) in [5, 5.41) is 5.44. The molecule has 4 atom stereocenters. The van der Waals surface area contributed by atoms with Crippen LogP contribution in [0.1, 0.15) is 49.8 Å². The SMILES string of the molecule is CCCCC(C(=O)OCc1ccccc1)N1C(=O)C(NC(=O)NC(Cc2ccccc2)C(=O)OCC)C1C=Cc1ccccc1. The van der Waals surface area contributed by atoms with E-state index in [1.54, 1.807) is 6.92 Å². The Balaban J connectivity index is 1.53. The first-order valence-electron chi connectivity index (χ1n) is 15.4. The Morgan fingerprint density at radius 3 is 2.09 bits per heavy atom. The van der Waals surface area contributed by atoms with Crippen LogP contribution in [0, 0.1) is 0 Å². The van der Waals surface area contributed by atoms with Crippen LogP contribution >= 0.6 is 0 Å². The predicted octanol–water partition coefficient (Wildman–Crippen LogP) is 5.06. The van der Waals surface area contributed by atoms with Crippen molar-refractivity contribution in [2.45, 2.75) is 70.3 Å². The number of carbonyl (C=O) groups is 4. The largest absolute Gasteiger partial charge is 0.464 e. The standard InChI is InChI=1S/C36H41N3O6/c1-3-5-21-31(35(42)45-25-28-19-13-8-14-20-28)39-30(23-22-26-15-9-6-10-16-26)32(33(39)40)38-36(43)37-29(34(41)44-4-2)24-27-17-11-7-12-18-27/h6-20,22-23,29-32H,3-5,21,24-25H2,1-2H3,(H2,37,38,43). The van der Waals surface area contributed by atoms with Crippen LogP contribution in [0.4, 0.5) is 4.79 Å². The maximum Gasteiger partial charge on any atom is 0.329 e. The number of hydrogen-bond donors (Lipinski definition) is 2. The molecule has 1 aliphatic rings. The summed E-state index contributed by atoms with van der Waals surface area (Å²) in [6.45, 7) is 3.97. The molecule has 3 aromatic carbocycles. The van der Waals surface area contributed by atoms with Gasteiger partial charge in [0.1, 0.15) is 24.7 Å². The Bertz CT molecular complexity index is 1430. The third-order valence-electron chi connectivity index (χ3n) is 7.58. The summed E-state index contributed by atoms with van der Waals surface area (Å²) in [5.74, 6) is -1.47. The van der Waals surface area contributed by atoms with Crippen LogP contribution in [0.25, 0.3) is 6.08 Å². The van der Waals surface area contributed by atoms with Crippen molar-refractivity contribution in [3.05, 3.63) is 114 Å². The van der Waals surface area contributed by atoms with Gasteiger partial charge in [0.05, 0.1) is 12.6 Å². The maximum absolute atomic E-state index is 13.7. The topological polar surface area (TPSA) is 114 Å². The number of nitrogens with one attached hydrogen (secondary N) is 2. The highest BCUT2D eigenvalue weighted by Gasteiger charge is 2.52. The Morgan fingerprint density at radius 1 is 0.844 bits per heavy atom. The molecule has 1 saturated heterocycles. The molecule has 0 saturated carbocycles. The van der Waals surface area contributed by atoms with Crippen molar-refractivity contribution in [2.24, 2.45) is 0 Å². The number of urea groups is 1. The molecule has 0 radical (unpaired) electrons. The Labute approximate surface area is 264 Å². The third kappa shape index (κ3) is 9.28. The number of benzene rings is 3.